The summed E-state index contributed by atoms with van der Waals surface area (Å²) in [5.41, 5.74) is 5.13. The quantitative estimate of drug-likeness (QED) is 0.304. The number of nitrogens with two attached hydrogens (primary N) is 1. The van der Waals surface area contributed by atoms with Crippen molar-refractivity contribution in [1.29, 1.82) is 0 Å². The number of aliphatic hydroxyl groups is 1. The molecule has 0 aliphatic rings. The highest BCUT2D eigenvalue weighted by atomic mass is 16.4. The zero-order valence-corrected chi connectivity index (χ0v) is 13.8. The Bertz CT molecular complexity index is 228. The Morgan fingerprint density at radius 2 is 0.957 bits per heavy atom. The van der Waals surface area contributed by atoms with Crippen molar-refractivity contribution in [3.63, 3.8) is 0 Å². The van der Waals surface area contributed by atoms with Gasteiger partial charge in [-0.15, -0.1) is 0 Å². The maximum absolute atomic E-state index is 9.00. The van der Waals surface area contributed by atoms with Crippen LogP contribution in [0.4, 0.5) is 0 Å². The van der Waals surface area contributed by atoms with E-state index in [1.807, 2.05) is 0 Å². The molecule has 0 saturated heterocycles. The lowest BCUT2D eigenvalue weighted by Crippen LogP contribution is -2.24. The number of aliphatic hydroxyl groups excluding tert-OH is 1. The van der Waals surface area contributed by atoms with E-state index in [0.29, 0.717) is 13.1 Å². The summed E-state index contributed by atoms with van der Waals surface area (Å²) in [4.78, 5) is 36.0. The van der Waals surface area contributed by atoms with Crippen molar-refractivity contribution in [3.8, 4) is 0 Å². The molecule has 0 amide bonds. The van der Waals surface area contributed by atoms with Gasteiger partial charge in [0.25, 0.3) is 23.9 Å². The molecule has 0 atom stereocenters. The Morgan fingerprint density at radius 3 is 1.09 bits per heavy atom. The number of hydrogen-bond acceptors (Lipinski definition) is 7. The molecular formula is C12H28N2O9. The normalized spacial score (nSPS) is 7.22. The smallest absolute Gasteiger partial charge is 0.300 e. The number of carboxylic acid groups (broad SMARTS) is 4. The van der Waals surface area contributed by atoms with Crippen molar-refractivity contribution >= 4 is 23.9 Å². The van der Waals surface area contributed by atoms with Crippen molar-refractivity contribution in [1.82, 2.24) is 5.32 Å². The number of aliphatic carboxylic acids is 4. The number of nitrogens with one attached hydrogen (secondary N) is 1. The van der Waals surface area contributed by atoms with Gasteiger partial charge in [0.1, 0.15) is 0 Å². The van der Waals surface area contributed by atoms with Crippen LogP contribution < -0.4 is 11.1 Å². The summed E-state index contributed by atoms with van der Waals surface area (Å²) in [6, 6.07) is 0. The summed E-state index contributed by atoms with van der Waals surface area (Å²) in [6.07, 6.45) is 0. The van der Waals surface area contributed by atoms with Crippen LogP contribution in [0.5, 0.6) is 0 Å². The van der Waals surface area contributed by atoms with Gasteiger partial charge in [-0.1, -0.05) is 0 Å². The monoisotopic (exact) mass is 344 g/mol. The van der Waals surface area contributed by atoms with Gasteiger partial charge in [0.2, 0.25) is 0 Å². The molecule has 0 fully saturated rings. The zero-order chi connectivity index (χ0) is 19.8. The second-order valence-electron chi connectivity index (χ2n) is 3.34. The van der Waals surface area contributed by atoms with E-state index < -0.39 is 23.9 Å². The first-order valence-corrected chi connectivity index (χ1v) is 6.14. The maximum Gasteiger partial charge on any atom is 0.300 e. The molecule has 0 aliphatic carbocycles. The van der Waals surface area contributed by atoms with Gasteiger partial charge < -0.3 is 36.6 Å². The van der Waals surface area contributed by atoms with Gasteiger partial charge in [-0.25, -0.2) is 0 Å². The average molecular weight is 344 g/mol. The minimum absolute atomic E-state index is 0.194. The summed E-state index contributed by atoms with van der Waals surface area (Å²) in [6.45, 7) is 6.61. The number of rotatable bonds is 4. The first kappa shape index (κ1) is 32.6. The topological polar surface area (TPSA) is 207 Å². The third kappa shape index (κ3) is 2010. The summed E-state index contributed by atoms with van der Waals surface area (Å²) < 4.78 is 0. The predicted octanol–water partition coefficient (Wildman–Crippen LogP) is -1.11. The van der Waals surface area contributed by atoms with Gasteiger partial charge in [0.05, 0.1) is 6.61 Å². The second-order valence-corrected chi connectivity index (χ2v) is 3.34. The fraction of sp³-hybridized carbons (Fsp3) is 0.667. The van der Waals surface area contributed by atoms with Crippen molar-refractivity contribution < 1.29 is 44.7 Å². The van der Waals surface area contributed by atoms with Crippen LogP contribution in [-0.2, 0) is 19.2 Å². The Labute approximate surface area is 134 Å². The molecule has 0 rings (SSSR count). The van der Waals surface area contributed by atoms with Crippen LogP contribution in [0.1, 0.15) is 27.7 Å². The van der Waals surface area contributed by atoms with E-state index >= 15 is 0 Å². The van der Waals surface area contributed by atoms with E-state index in [-0.39, 0.29) is 6.61 Å². The largest absolute Gasteiger partial charge is 0.481 e. The van der Waals surface area contributed by atoms with E-state index in [9.17, 15) is 0 Å². The van der Waals surface area contributed by atoms with Crippen LogP contribution in [0.3, 0.4) is 0 Å². The molecule has 23 heavy (non-hydrogen) atoms. The number of carboxylic acids is 4. The van der Waals surface area contributed by atoms with Crippen LogP contribution in [0.15, 0.2) is 0 Å². The fourth-order valence-corrected chi connectivity index (χ4v) is 0.306. The molecule has 0 unspecified atom stereocenters. The molecule has 0 aliphatic heterocycles. The van der Waals surface area contributed by atoms with Crippen LogP contribution in [0, 0.1) is 0 Å². The predicted molar refractivity (Wildman–Crippen MR) is 82.2 cm³/mol. The zero-order valence-electron chi connectivity index (χ0n) is 13.8. The van der Waals surface area contributed by atoms with Gasteiger partial charge in [-0.2, -0.15) is 0 Å². The summed E-state index contributed by atoms with van der Waals surface area (Å²) in [5.74, 6) is -3.33. The number of carbonyl (C=O) groups is 4. The lowest BCUT2D eigenvalue weighted by molar-refractivity contribution is -0.135. The molecule has 8 N–H and O–H groups in total. The molecule has 0 aromatic heterocycles. The third-order valence-electron chi connectivity index (χ3n) is 0.610. The van der Waals surface area contributed by atoms with E-state index in [4.69, 9.17) is 50.4 Å². The summed E-state index contributed by atoms with van der Waals surface area (Å²) in [5, 5.41) is 40.8. The fourth-order valence-electron chi connectivity index (χ4n) is 0.306. The first-order valence-electron chi connectivity index (χ1n) is 6.14. The van der Waals surface area contributed by atoms with Crippen molar-refractivity contribution in [3.05, 3.63) is 0 Å². The molecule has 0 radical (unpaired) electrons. The van der Waals surface area contributed by atoms with Crippen LogP contribution >= 0.6 is 0 Å². The Balaban J connectivity index is -0.0000000604. The summed E-state index contributed by atoms with van der Waals surface area (Å²) in [7, 11) is 0. The SMILES string of the molecule is CC(=O)O.CC(=O)O.CC(=O)O.CC(=O)O.NCCNCCO. The molecule has 0 saturated carbocycles. The molecule has 0 aromatic carbocycles. The minimum atomic E-state index is -0.833. The van der Waals surface area contributed by atoms with Gasteiger partial charge in [0.15, 0.2) is 0 Å². The highest BCUT2D eigenvalue weighted by molar-refractivity contribution is 5.63. The highest BCUT2D eigenvalue weighted by Crippen LogP contribution is 1.52. The van der Waals surface area contributed by atoms with E-state index in [0.717, 1.165) is 34.2 Å². The van der Waals surface area contributed by atoms with Crippen LogP contribution in [-0.4, -0.2) is 75.7 Å². The standard InChI is InChI=1S/C4H12N2O.4C2H4O2/c5-1-2-6-3-4-7;4*1-2(3)4/h6-7H,1-5H2;4*1H3,(H,3,4). The molecule has 0 bridgehead atoms. The van der Waals surface area contributed by atoms with Gasteiger partial charge >= 0.3 is 0 Å². The van der Waals surface area contributed by atoms with Crippen molar-refractivity contribution in [2.45, 2.75) is 27.7 Å². The minimum Gasteiger partial charge on any atom is -0.481 e. The Kier molecular flexibility index (Phi) is 45.3. The molecule has 11 nitrogen and oxygen atoms in total. The average Bonchev–Trinajstić information content (AvgIpc) is 2.26. The van der Waals surface area contributed by atoms with Gasteiger partial charge in [-0.05, 0) is 0 Å². The molecule has 0 aromatic rings. The van der Waals surface area contributed by atoms with E-state index in [1.54, 1.807) is 0 Å². The highest BCUT2D eigenvalue weighted by Gasteiger charge is 1.77. The molecule has 11 heteroatoms. The van der Waals surface area contributed by atoms with Gasteiger partial charge in [-0.3, -0.25) is 19.2 Å². The molecule has 0 spiro atoms. The van der Waals surface area contributed by atoms with Crippen molar-refractivity contribution in [2.24, 2.45) is 5.73 Å². The lowest BCUT2D eigenvalue weighted by Gasteiger charge is -1.95. The van der Waals surface area contributed by atoms with Crippen LogP contribution in [0.2, 0.25) is 0 Å². The third-order valence-corrected chi connectivity index (χ3v) is 0.610. The molecule has 0 heterocycles. The van der Waals surface area contributed by atoms with Crippen molar-refractivity contribution in [2.75, 3.05) is 26.2 Å². The molecule has 140 valence electrons. The lowest BCUT2D eigenvalue weighted by atomic mass is 10.6. The van der Waals surface area contributed by atoms with E-state index in [2.05, 4.69) is 5.32 Å². The van der Waals surface area contributed by atoms with Gasteiger partial charge in [0, 0.05) is 47.3 Å². The van der Waals surface area contributed by atoms with E-state index in [1.165, 1.54) is 0 Å². The second kappa shape index (κ2) is 31.9. The molecular weight excluding hydrogens is 316 g/mol. The maximum atomic E-state index is 9.00. The number of hydrogen-bond donors (Lipinski definition) is 7. The Morgan fingerprint density at radius 1 is 0.739 bits per heavy atom. The first-order chi connectivity index (χ1) is 10.3. The van der Waals surface area contributed by atoms with Crippen LogP contribution in [0.25, 0.3) is 0 Å². The Hall–Kier alpha value is -2.24. The summed E-state index contributed by atoms with van der Waals surface area (Å²) >= 11 is 0.